The molecular formula is C19H21N4NaO7S. The molecule has 3 amide bonds. The summed E-state index contributed by atoms with van der Waals surface area (Å²) in [6.45, 7) is 2.79. The van der Waals surface area contributed by atoms with Crippen molar-refractivity contribution in [2.24, 2.45) is 0 Å². The molecule has 11 nitrogen and oxygen atoms in total. The second kappa shape index (κ2) is 10.2. The van der Waals surface area contributed by atoms with E-state index in [0.29, 0.717) is 5.56 Å². The Hall–Kier alpha value is -2.15. The number of thioether (sulfide) groups is 1. The molecule has 0 saturated carbocycles. The van der Waals surface area contributed by atoms with Crippen molar-refractivity contribution in [1.82, 2.24) is 15.5 Å². The summed E-state index contributed by atoms with van der Waals surface area (Å²) in [5.74, 6) is -3.26. The Balaban J connectivity index is 0.00000363. The van der Waals surface area contributed by atoms with Gasteiger partial charge in [-0.3, -0.25) is 24.5 Å². The maximum absolute atomic E-state index is 13.0. The van der Waals surface area contributed by atoms with E-state index in [1.807, 2.05) is 0 Å². The average molecular weight is 472 g/mol. The second-order valence-corrected chi connectivity index (χ2v) is 9.55. The van der Waals surface area contributed by atoms with E-state index in [1.54, 1.807) is 44.2 Å². The van der Waals surface area contributed by atoms with Gasteiger partial charge in [0.2, 0.25) is 24.3 Å². The Morgan fingerprint density at radius 1 is 1.25 bits per heavy atom. The van der Waals surface area contributed by atoms with E-state index < -0.39 is 69.8 Å². The Labute approximate surface area is 210 Å². The summed E-state index contributed by atoms with van der Waals surface area (Å²) >= 11 is 1.25. The number of hydrogen-bond donors (Lipinski definition) is 2. The zero-order chi connectivity index (χ0) is 22.9. The van der Waals surface area contributed by atoms with Crippen molar-refractivity contribution < 1.29 is 58.8 Å². The molecule has 1 aromatic rings. The number of nitrogens with zero attached hydrogens (tertiary/aromatic N) is 2. The average Bonchev–Trinajstić information content (AvgIpc) is 2.97. The number of hydrogen-bond acceptors (Lipinski definition) is 8. The number of aliphatic carboxylic acids is 1. The summed E-state index contributed by atoms with van der Waals surface area (Å²) in [5, 5.41) is 26.5. The number of benzene rings is 1. The van der Waals surface area contributed by atoms with E-state index in [-0.39, 0.29) is 29.6 Å². The number of rotatable bonds is 8. The first-order valence-electron chi connectivity index (χ1n) is 9.50. The molecule has 0 spiro atoms. The van der Waals surface area contributed by atoms with Crippen molar-refractivity contribution in [1.29, 1.82) is 0 Å². The summed E-state index contributed by atoms with van der Waals surface area (Å²) in [6, 6.07) is 5.01. The standard InChI is InChI=1S/C19H22N4O7S.Na/c1-19(2)14(18(27)28)23-16(26)13(17(23)31-19)21-15(25)12(10-6-4-3-5-7-10)20-11(24)8-9-22(29)30;/h3-7,12-14,17H,8-9H2,1-2H3,(H,20,24)(H,21,25)(H,27,28);/q;+1/p-1/t12?,13-,14+,17-;/m1./s1. The number of carboxylic acids is 1. The molecule has 2 N–H and O–H groups in total. The second-order valence-electron chi connectivity index (χ2n) is 7.78. The van der Waals surface area contributed by atoms with Gasteiger partial charge in [0.05, 0.1) is 18.4 Å². The molecule has 32 heavy (non-hydrogen) atoms. The number of nitrogens with one attached hydrogen (secondary N) is 2. The Morgan fingerprint density at radius 2 is 1.88 bits per heavy atom. The van der Waals surface area contributed by atoms with E-state index in [9.17, 15) is 34.4 Å². The van der Waals surface area contributed by atoms with Gasteiger partial charge in [-0.15, -0.1) is 11.8 Å². The van der Waals surface area contributed by atoms with E-state index >= 15 is 0 Å². The molecule has 13 heteroatoms. The van der Waals surface area contributed by atoms with Crippen LogP contribution in [0.1, 0.15) is 31.9 Å². The fourth-order valence-corrected chi connectivity index (χ4v) is 5.36. The van der Waals surface area contributed by atoms with Crippen molar-refractivity contribution in [3.63, 3.8) is 0 Å². The predicted octanol–water partition coefficient (Wildman–Crippen LogP) is -4.19. The van der Waals surface area contributed by atoms with Crippen LogP contribution in [0.25, 0.3) is 0 Å². The molecule has 0 radical (unpaired) electrons. The van der Waals surface area contributed by atoms with Crippen molar-refractivity contribution in [3.05, 3.63) is 46.0 Å². The maximum atomic E-state index is 13.0. The normalized spacial score (nSPS) is 23.8. The zero-order valence-electron chi connectivity index (χ0n) is 17.8. The van der Waals surface area contributed by atoms with Crippen molar-refractivity contribution in [2.45, 2.75) is 48.5 Å². The van der Waals surface area contributed by atoms with Crippen molar-refractivity contribution in [3.8, 4) is 0 Å². The van der Waals surface area contributed by atoms with Gasteiger partial charge in [-0.05, 0) is 19.4 Å². The number of amides is 3. The molecule has 2 aliphatic rings. The fourth-order valence-electron chi connectivity index (χ4n) is 3.73. The van der Waals surface area contributed by atoms with Crippen LogP contribution in [0.5, 0.6) is 0 Å². The molecule has 0 bridgehead atoms. The molecule has 1 unspecified atom stereocenters. The largest absolute Gasteiger partial charge is 1.00 e. The Bertz CT molecular complexity index is 930. The van der Waals surface area contributed by atoms with E-state index in [1.165, 1.54) is 16.7 Å². The van der Waals surface area contributed by atoms with E-state index in [0.717, 1.165) is 0 Å². The molecule has 0 aromatic heterocycles. The van der Waals surface area contributed by atoms with Gasteiger partial charge < -0.3 is 25.4 Å². The molecule has 2 saturated heterocycles. The number of nitro groups is 1. The summed E-state index contributed by atoms with van der Waals surface area (Å²) in [7, 11) is 0. The Kier molecular flexibility index (Phi) is 8.32. The monoisotopic (exact) mass is 472 g/mol. The third-order valence-corrected chi connectivity index (χ3v) is 6.76. The predicted molar refractivity (Wildman–Crippen MR) is 107 cm³/mol. The Morgan fingerprint density at radius 3 is 2.44 bits per heavy atom. The summed E-state index contributed by atoms with van der Waals surface area (Å²) in [4.78, 5) is 60.2. The van der Waals surface area contributed by atoms with Crippen LogP contribution in [0.2, 0.25) is 0 Å². The van der Waals surface area contributed by atoms with Crippen molar-refractivity contribution in [2.75, 3.05) is 6.54 Å². The third-order valence-electron chi connectivity index (χ3n) is 5.18. The van der Waals surface area contributed by atoms with Crippen LogP contribution in [0, 0.1) is 10.1 Å². The summed E-state index contributed by atoms with van der Waals surface area (Å²) < 4.78 is -0.797. The van der Waals surface area contributed by atoms with Crippen LogP contribution in [0.3, 0.4) is 0 Å². The van der Waals surface area contributed by atoms with Crippen LogP contribution in [0.4, 0.5) is 0 Å². The molecular weight excluding hydrogens is 451 g/mol. The maximum Gasteiger partial charge on any atom is 1.00 e. The third kappa shape index (κ3) is 5.25. The van der Waals surface area contributed by atoms with Crippen LogP contribution in [0.15, 0.2) is 30.3 Å². The van der Waals surface area contributed by atoms with Gasteiger partial charge in [-0.25, -0.2) is 0 Å². The molecule has 166 valence electrons. The fraction of sp³-hybridized carbons (Fsp3) is 0.474. The van der Waals surface area contributed by atoms with Crippen LogP contribution in [-0.4, -0.2) is 62.3 Å². The quantitative estimate of drug-likeness (QED) is 0.167. The number of carbonyl (C=O) groups is 4. The van der Waals surface area contributed by atoms with Gasteiger partial charge >= 0.3 is 29.6 Å². The molecule has 1 aromatic carbocycles. The number of β-lactam (4-membered cyclic amide) rings is 1. The van der Waals surface area contributed by atoms with Crippen LogP contribution in [-0.2, 0) is 19.2 Å². The van der Waals surface area contributed by atoms with Gasteiger partial charge in [0.1, 0.15) is 17.5 Å². The minimum Gasteiger partial charge on any atom is -0.548 e. The van der Waals surface area contributed by atoms with E-state index in [2.05, 4.69) is 10.6 Å². The van der Waals surface area contributed by atoms with Crippen LogP contribution < -0.4 is 45.3 Å². The zero-order valence-corrected chi connectivity index (χ0v) is 20.6. The van der Waals surface area contributed by atoms with E-state index in [4.69, 9.17) is 0 Å². The number of carbonyl (C=O) groups excluding carboxylic acids is 4. The van der Waals surface area contributed by atoms with Gasteiger partial charge in [0.25, 0.3) is 0 Å². The molecule has 2 heterocycles. The number of fused-ring (bicyclic) bond motifs is 1. The molecule has 4 atom stereocenters. The molecule has 2 fully saturated rings. The van der Waals surface area contributed by atoms with Gasteiger partial charge in [-0.2, -0.15) is 0 Å². The summed E-state index contributed by atoms with van der Waals surface area (Å²) in [5.41, 5.74) is 0.435. The van der Waals surface area contributed by atoms with Crippen LogP contribution >= 0.6 is 11.8 Å². The van der Waals surface area contributed by atoms with Gasteiger partial charge in [-0.1, -0.05) is 30.3 Å². The molecule has 2 aliphatic heterocycles. The first-order valence-corrected chi connectivity index (χ1v) is 10.4. The topological polar surface area (TPSA) is 162 Å². The molecule has 3 rings (SSSR count). The van der Waals surface area contributed by atoms with Crippen molar-refractivity contribution >= 4 is 35.5 Å². The smallest absolute Gasteiger partial charge is 0.548 e. The summed E-state index contributed by atoms with van der Waals surface area (Å²) in [6.07, 6.45) is -0.403. The first kappa shape index (κ1) is 26.1. The SMILES string of the molecule is CC1(C)S[C@@H]2[C@H](NC(=O)C(NC(=O)CC[N+](=O)[O-])c3ccccc3)C(=O)N2[C@H]1C(=O)[O-].[Na+]. The first-order chi connectivity index (χ1) is 14.5. The number of carboxylic acid groups (broad SMARTS) is 1. The van der Waals surface area contributed by atoms with Gasteiger partial charge in [0, 0.05) is 9.67 Å². The minimum atomic E-state index is -1.36. The van der Waals surface area contributed by atoms with Gasteiger partial charge in [0.15, 0.2) is 0 Å². The molecule has 0 aliphatic carbocycles. The minimum absolute atomic E-state index is 0.